The van der Waals surface area contributed by atoms with Gasteiger partial charge in [-0.15, -0.1) is 0 Å². The van der Waals surface area contributed by atoms with Crippen molar-refractivity contribution in [1.82, 2.24) is 4.90 Å². The van der Waals surface area contributed by atoms with Crippen molar-refractivity contribution in [3.8, 4) is 5.75 Å². The summed E-state index contributed by atoms with van der Waals surface area (Å²) in [5.41, 5.74) is 1.71. The molecule has 4 rings (SSSR count). The first-order valence-electron chi connectivity index (χ1n) is 9.09. The van der Waals surface area contributed by atoms with Gasteiger partial charge in [0.25, 0.3) is 5.91 Å². The molecule has 1 fully saturated rings. The fourth-order valence-corrected chi connectivity index (χ4v) is 3.53. The summed E-state index contributed by atoms with van der Waals surface area (Å²) in [6, 6.07) is 11.2. The van der Waals surface area contributed by atoms with Gasteiger partial charge in [-0.2, -0.15) is 13.2 Å². The molecule has 2 heterocycles. The average molecular weight is 391 g/mol. The highest BCUT2D eigenvalue weighted by Gasteiger charge is 2.31. The van der Waals surface area contributed by atoms with Crippen molar-refractivity contribution in [2.75, 3.05) is 43.0 Å². The molecule has 28 heavy (non-hydrogen) atoms. The Morgan fingerprint density at radius 1 is 1.04 bits per heavy atom. The maximum Gasteiger partial charge on any atom is 0.416 e. The molecule has 148 valence electrons. The van der Waals surface area contributed by atoms with Crippen LogP contribution in [-0.2, 0) is 17.5 Å². The van der Waals surface area contributed by atoms with Gasteiger partial charge in [0, 0.05) is 38.4 Å². The number of hydrogen-bond acceptors (Lipinski definition) is 4. The summed E-state index contributed by atoms with van der Waals surface area (Å²) in [5, 5.41) is 2.80. The Hall–Kier alpha value is -2.74. The van der Waals surface area contributed by atoms with Crippen LogP contribution in [0.25, 0.3) is 0 Å². The molecule has 0 saturated carbocycles. The van der Waals surface area contributed by atoms with Crippen LogP contribution >= 0.6 is 0 Å². The van der Waals surface area contributed by atoms with Gasteiger partial charge in [-0.3, -0.25) is 9.69 Å². The molecule has 1 N–H and O–H groups in total. The summed E-state index contributed by atoms with van der Waals surface area (Å²) in [6.07, 6.45) is -4.33. The minimum atomic E-state index is -4.33. The summed E-state index contributed by atoms with van der Waals surface area (Å²) in [4.78, 5) is 15.7. The molecule has 1 saturated heterocycles. The molecular formula is C20H20F3N3O2. The van der Waals surface area contributed by atoms with Crippen LogP contribution in [0.2, 0.25) is 0 Å². The fourth-order valence-electron chi connectivity index (χ4n) is 3.53. The number of nitrogens with zero attached hydrogens (tertiary/aromatic N) is 2. The van der Waals surface area contributed by atoms with E-state index in [1.807, 2.05) is 23.1 Å². The van der Waals surface area contributed by atoms with E-state index in [1.165, 1.54) is 12.1 Å². The summed E-state index contributed by atoms with van der Waals surface area (Å²) in [5.74, 6) is 0.497. The number of piperazine rings is 1. The fraction of sp³-hybridized carbons (Fsp3) is 0.350. The molecule has 0 aromatic heterocycles. The van der Waals surface area contributed by atoms with Crippen molar-refractivity contribution in [2.24, 2.45) is 0 Å². The molecule has 2 aromatic rings. The standard InChI is InChI=1S/C20H20F3N3O2/c21-20(22,23)15-2-1-3-16(11-15)26-8-6-25(7-9-26)12-14-4-5-18-17(10-14)24-19(27)13-28-18/h1-5,10-11H,6-9,12-13H2,(H,24,27). The summed E-state index contributed by atoms with van der Waals surface area (Å²) >= 11 is 0. The summed E-state index contributed by atoms with van der Waals surface area (Å²) in [7, 11) is 0. The van der Waals surface area contributed by atoms with Gasteiger partial charge in [-0.1, -0.05) is 12.1 Å². The maximum atomic E-state index is 12.9. The monoisotopic (exact) mass is 391 g/mol. The number of carbonyl (C=O) groups is 1. The maximum absolute atomic E-state index is 12.9. The number of rotatable bonds is 3. The molecule has 0 atom stereocenters. The van der Waals surface area contributed by atoms with Gasteiger partial charge in [0.15, 0.2) is 6.61 Å². The van der Waals surface area contributed by atoms with Gasteiger partial charge in [0.2, 0.25) is 0 Å². The van der Waals surface area contributed by atoms with Crippen molar-refractivity contribution in [3.05, 3.63) is 53.6 Å². The largest absolute Gasteiger partial charge is 0.482 e. The Labute approximate surface area is 160 Å². The lowest BCUT2D eigenvalue weighted by molar-refractivity contribution is -0.137. The Balaban J connectivity index is 1.37. The molecule has 2 aliphatic rings. The van der Waals surface area contributed by atoms with E-state index >= 15 is 0 Å². The smallest absolute Gasteiger partial charge is 0.416 e. The zero-order valence-corrected chi connectivity index (χ0v) is 15.1. The Bertz CT molecular complexity index is 877. The van der Waals surface area contributed by atoms with E-state index < -0.39 is 11.7 Å². The van der Waals surface area contributed by atoms with Crippen molar-refractivity contribution < 1.29 is 22.7 Å². The molecule has 1 amide bonds. The van der Waals surface area contributed by atoms with Crippen molar-refractivity contribution >= 4 is 17.3 Å². The number of alkyl halides is 3. The molecule has 0 aliphatic carbocycles. The normalized spacial score (nSPS) is 17.7. The van der Waals surface area contributed by atoms with E-state index in [0.717, 1.165) is 24.7 Å². The van der Waals surface area contributed by atoms with E-state index in [9.17, 15) is 18.0 Å². The van der Waals surface area contributed by atoms with E-state index in [-0.39, 0.29) is 12.5 Å². The average Bonchev–Trinajstić information content (AvgIpc) is 2.68. The highest BCUT2D eigenvalue weighted by Crippen LogP contribution is 2.32. The second-order valence-electron chi connectivity index (χ2n) is 6.98. The Morgan fingerprint density at radius 3 is 2.57 bits per heavy atom. The molecular weight excluding hydrogens is 371 g/mol. The van der Waals surface area contributed by atoms with E-state index in [1.54, 1.807) is 6.07 Å². The minimum absolute atomic E-state index is 0.0316. The van der Waals surface area contributed by atoms with Gasteiger partial charge in [-0.05, 0) is 35.9 Å². The number of ether oxygens (including phenoxy) is 1. The predicted octanol–water partition coefficient (Wildman–Crippen LogP) is 3.36. The third-order valence-electron chi connectivity index (χ3n) is 4.99. The quantitative estimate of drug-likeness (QED) is 0.872. The number of anilines is 2. The number of benzene rings is 2. The number of carbonyl (C=O) groups excluding carboxylic acids is 1. The van der Waals surface area contributed by atoms with Crippen LogP contribution in [0.5, 0.6) is 5.75 Å². The number of halogens is 3. The van der Waals surface area contributed by atoms with Crippen LogP contribution in [0.1, 0.15) is 11.1 Å². The van der Waals surface area contributed by atoms with E-state index in [4.69, 9.17) is 4.74 Å². The van der Waals surface area contributed by atoms with Crippen LogP contribution < -0.4 is 15.0 Å². The van der Waals surface area contributed by atoms with Crippen molar-refractivity contribution in [1.29, 1.82) is 0 Å². The summed E-state index contributed by atoms with van der Waals surface area (Å²) < 4.78 is 44.1. The highest BCUT2D eigenvalue weighted by molar-refractivity contribution is 5.95. The van der Waals surface area contributed by atoms with Gasteiger partial charge in [0.05, 0.1) is 11.3 Å². The molecule has 0 radical (unpaired) electrons. The van der Waals surface area contributed by atoms with Crippen LogP contribution in [0.15, 0.2) is 42.5 Å². The topological polar surface area (TPSA) is 44.8 Å². The lowest BCUT2D eigenvalue weighted by Gasteiger charge is -2.36. The minimum Gasteiger partial charge on any atom is -0.482 e. The highest BCUT2D eigenvalue weighted by atomic mass is 19.4. The van der Waals surface area contributed by atoms with Crippen molar-refractivity contribution in [2.45, 2.75) is 12.7 Å². The van der Waals surface area contributed by atoms with Gasteiger partial charge >= 0.3 is 6.18 Å². The molecule has 2 aromatic carbocycles. The third-order valence-corrected chi connectivity index (χ3v) is 4.99. The zero-order valence-electron chi connectivity index (χ0n) is 15.1. The van der Waals surface area contributed by atoms with E-state index in [2.05, 4.69) is 10.2 Å². The van der Waals surface area contributed by atoms with Gasteiger partial charge < -0.3 is 15.0 Å². The molecule has 0 bridgehead atoms. The van der Waals surface area contributed by atoms with Gasteiger partial charge in [-0.25, -0.2) is 0 Å². The Morgan fingerprint density at radius 2 is 1.82 bits per heavy atom. The van der Waals surface area contributed by atoms with Crippen LogP contribution in [0.4, 0.5) is 24.5 Å². The van der Waals surface area contributed by atoms with Crippen LogP contribution in [0.3, 0.4) is 0 Å². The van der Waals surface area contributed by atoms with Gasteiger partial charge in [0.1, 0.15) is 5.75 Å². The molecule has 0 unspecified atom stereocenters. The SMILES string of the molecule is O=C1COc2ccc(CN3CCN(c4cccc(C(F)(F)F)c4)CC3)cc2N1. The third kappa shape index (κ3) is 4.06. The predicted molar refractivity (Wildman–Crippen MR) is 99.5 cm³/mol. The first kappa shape index (κ1) is 18.6. The second kappa shape index (κ2) is 7.35. The number of amides is 1. The lowest BCUT2D eigenvalue weighted by Crippen LogP contribution is -2.46. The first-order chi connectivity index (χ1) is 13.4. The van der Waals surface area contributed by atoms with Crippen LogP contribution in [0, 0.1) is 0 Å². The molecule has 2 aliphatic heterocycles. The van der Waals surface area contributed by atoms with Crippen LogP contribution in [-0.4, -0.2) is 43.6 Å². The lowest BCUT2D eigenvalue weighted by atomic mass is 10.1. The van der Waals surface area contributed by atoms with Crippen molar-refractivity contribution in [3.63, 3.8) is 0 Å². The number of fused-ring (bicyclic) bond motifs is 1. The zero-order chi connectivity index (χ0) is 19.7. The molecule has 8 heteroatoms. The second-order valence-corrected chi connectivity index (χ2v) is 6.98. The number of nitrogens with one attached hydrogen (secondary N) is 1. The Kier molecular flexibility index (Phi) is 4.89. The number of hydrogen-bond donors (Lipinski definition) is 1. The van der Waals surface area contributed by atoms with E-state index in [0.29, 0.717) is 36.8 Å². The first-order valence-corrected chi connectivity index (χ1v) is 9.09. The molecule has 5 nitrogen and oxygen atoms in total. The summed E-state index contributed by atoms with van der Waals surface area (Å²) in [6.45, 7) is 3.55. The molecule has 0 spiro atoms.